The molecule has 0 spiro atoms. The Morgan fingerprint density at radius 3 is 2.66 bits per heavy atom. The number of ether oxygens (including phenoxy) is 3. The van der Waals surface area contributed by atoms with Crippen LogP contribution in [0.3, 0.4) is 0 Å². The molecule has 4 bridgehead atoms. The first-order valence-electron chi connectivity index (χ1n) is 14.0. The van der Waals surface area contributed by atoms with Crippen LogP contribution in [0.5, 0.6) is 11.5 Å². The van der Waals surface area contributed by atoms with Crippen molar-refractivity contribution in [2.24, 2.45) is 0 Å². The molecule has 216 valence electrons. The van der Waals surface area contributed by atoms with Gasteiger partial charge in [-0.1, -0.05) is 36.4 Å². The molecule has 1 saturated heterocycles. The molecule has 0 saturated carbocycles. The minimum atomic E-state index is -0.508. The van der Waals surface area contributed by atoms with Crippen molar-refractivity contribution in [3.63, 3.8) is 0 Å². The van der Waals surface area contributed by atoms with Crippen LogP contribution in [0, 0.1) is 13.8 Å². The second-order valence-electron chi connectivity index (χ2n) is 10.3. The van der Waals surface area contributed by atoms with Crippen LogP contribution in [-0.2, 0) is 17.8 Å². The SMILES string of the molecule is Cc1cccc(C)c1OC(=O)N1C/C=C/COCc2cc(ccc2OCCN2CCN(O)CC2)Cc2nccc1n2. The van der Waals surface area contributed by atoms with Gasteiger partial charge in [0.2, 0.25) is 0 Å². The van der Waals surface area contributed by atoms with Crippen LogP contribution in [0.1, 0.15) is 28.1 Å². The third-order valence-corrected chi connectivity index (χ3v) is 7.21. The number of amides is 1. The Kier molecular flexibility index (Phi) is 9.58. The summed E-state index contributed by atoms with van der Waals surface area (Å²) in [4.78, 5) is 26.3. The second-order valence-corrected chi connectivity index (χ2v) is 10.3. The van der Waals surface area contributed by atoms with E-state index in [0.717, 1.165) is 47.6 Å². The first-order chi connectivity index (χ1) is 20.0. The molecule has 2 aliphatic rings. The van der Waals surface area contributed by atoms with Gasteiger partial charge in [-0.3, -0.25) is 9.80 Å². The minimum Gasteiger partial charge on any atom is -0.492 e. The number of hydrogen-bond donors (Lipinski definition) is 1. The molecule has 5 rings (SSSR count). The zero-order chi connectivity index (χ0) is 28.6. The maximum absolute atomic E-state index is 13.3. The van der Waals surface area contributed by atoms with E-state index in [1.807, 2.05) is 56.3 Å². The molecule has 0 aliphatic carbocycles. The van der Waals surface area contributed by atoms with Crippen molar-refractivity contribution in [1.82, 2.24) is 19.9 Å². The first kappa shape index (κ1) is 28.7. The Hall–Kier alpha value is -3.83. The van der Waals surface area contributed by atoms with Gasteiger partial charge < -0.3 is 19.4 Å². The van der Waals surface area contributed by atoms with Crippen molar-refractivity contribution >= 4 is 11.9 Å². The van der Waals surface area contributed by atoms with Gasteiger partial charge in [0, 0.05) is 57.4 Å². The van der Waals surface area contributed by atoms with E-state index < -0.39 is 6.09 Å². The van der Waals surface area contributed by atoms with Crippen LogP contribution in [0.2, 0.25) is 0 Å². The predicted octanol–water partition coefficient (Wildman–Crippen LogP) is 4.16. The number of carbonyl (C=O) groups is 1. The van der Waals surface area contributed by atoms with E-state index in [1.165, 1.54) is 9.96 Å². The number of nitrogens with zero attached hydrogens (tertiary/aromatic N) is 5. The lowest BCUT2D eigenvalue weighted by atomic mass is 10.1. The molecule has 0 atom stereocenters. The molecule has 0 radical (unpaired) electrons. The molecule has 1 amide bonds. The van der Waals surface area contributed by atoms with E-state index in [4.69, 9.17) is 19.2 Å². The third kappa shape index (κ3) is 7.68. The van der Waals surface area contributed by atoms with Crippen LogP contribution in [0.25, 0.3) is 0 Å². The number of rotatable bonds is 5. The lowest BCUT2D eigenvalue weighted by Gasteiger charge is -2.30. The number of aromatic nitrogens is 2. The summed E-state index contributed by atoms with van der Waals surface area (Å²) in [6.45, 7) is 9.16. The summed E-state index contributed by atoms with van der Waals surface area (Å²) in [5, 5.41) is 10.9. The van der Waals surface area contributed by atoms with E-state index in [1.54, 1.807) is 12.3 Å². The molecular formula is C31H37N5O5. The van der Waals surface area contributed by atoms with Crippen LogP contribution in [-0.4, -0.2) is 83.7 Å². The number of carbonyl (C=O) groups excluding carboxylic acids is 1. The summed E-state index contributed by atoms with van der Waals surface area (Å²) in [7, 11) is 0. The van der Waals surface area contributed by atoms with Gasteiger partial charge in [0.1, 0.15) is 29.7 Å². The number of para-hydroxylation sites is 1. The molecule has 2 aliphatic heterocycles. The van der Waals surface area contributed by atoms with Gasteiger partial charge >= 0.3 is 6.09 Å². The fourth-order valence-corrected chi connectivity index (χ4v) is 4.90. The smallest absolute Gasteiger partial charge is 0.421 e. The zero-order valence-corrected chi connectivity index (χ0v) is 23.7. The van der Waals surface area contributed by atoms with Gasteiger partial charge in [0.15, 0.2) is 0 Å². The van der Waals surface area contributed by atoms with Gasteiger partial charge in [0.25, 0.3) is 0 Å². The zero-order valence-electron chi connectivity index (χ0n) is 23.7. The number of fused-ring (bicyclic) bond motifs is 4. The summed E-state index contributed by atoms with van der Waals surface area (Å²) >= 11 is 0. The Morgan fingerprint density at radius 2 is 1.85 bits per heavy atom. The average molecular weight is 560 g/mol. The molecule has 10 heteroatoms. The minimum absolute atomic E-state index is 0.272. The van der Waals surface area contributed by atoms with Crippen molar-refractivity contribution in [1.29, 1.82) is 0 Å². The fraction of sp³-hybridized carbons (Fsp3) is 0.387. The molecule has 1 N–H and O–H groups in total. The summed E-state index contributed by atoms with van der Waals surface area (Å²) in [5.74, 6) is 2.41. The molecule has 1 aromatic heterocycles. The normalized spacial score (nSPS) is 17.5. The molecule has 0 unspecified atom stereocenters. The molecular weight excluding hydrogens is 522 g/mol. The fourth-order valence-electron chi connectivity index (χ4n) is 4.90. The second kappa shape index (κ2) is 13.7. The number of aryl methyl sites for hydroxylation is 2. The first-order valence-corrected chi connectivity index (χ1v) is 14.0. The Bertz CT molecular complexity index is 1350. The monoisotopic (exact) mass is 559 g/mol. The van der Waals surface area contributed by atoms with Crippen LogP contribution in [0.4, 0.5) is 10.6 Å². The number of hydrogen-bond acceptors (Lipinski definition) is 9. The van der Waals surface area contributed by atoms with Crippen molar-refractivity contribution in [2.45, 2.75) is 26.9 Å². The van der Waals surface area contributed by atoms with Crippen molar-refractivity contribution < 1.29 is 24.2 Å². The predicted molar refractivity (Wildman–Crippen MR) is 155 cm³/mol. The van der Waals surface area contributed by atoms with E-state index in [2.05, 4.69) is 16.0 Å². The van der Waals surface area contributed by atoms with Crippen molar-refractivity contribution in [3.8, 4) is 11.5 Å². The highest BCUT2D eigenvalue weighted by Crippen LogP contribution is 2.26. The van der Waals surface area contributed by atoms with Gasteiger partial charge in [-0.05, 0) is 48.7 Å². The lowest BCUT2D eigenvalue weighted by molar-refractivity contribution is -0.117. The van der Waals surface area contributed by atoms with E-state index >= 15 is 0 Å². The van der Waals surface area contributed by atoms with E-state index in [-0.39, 0.29) is 6.54 Å². The summed E-state index contributed by atoms with van der Waals surface area (Å²) < 4.78 is 18.0. The maximum atomic E-state index is 13.3. The third-order valence-electron chi connectivity index (χ3n) is 7.21. The molecule has 2 aromatic carbocycles. The number of benzene rings is 2. The largest absolute Gasteiger partial charge is 0.492 e. The molecule has 1 fully saturated rings. The number of hydroxylamine groups is 2. The van der Waals surface area contributed by atoms with Gasteiger partial charge in [-0.15, -0.1) is 0 Å². The highest BCUT2D eigenvalue weighted by Gasteiger charge is 2.21. The maximum Gasteiger partial charge on any atom is 0.421 e. The Balaban J connectivity index is 1.32. The van der Waals surface area contributed by atoms with Crippen LogP contribution in [0.15, 0.2) is 60.8 Å². The van der Waals surface area contributed by atoms with Gasteiger partial charge in [-0.2, -0.15) is 5.06 Å². The summed E-state index contributed by atoms with van der Waals surface area (Å²) in [6, 6.07) is 13.5. The van der Waals surface area contributed by atoms with Gasteiger partial charge in [-0.25, -0.2) is 14.8 Å². The highest BCUT2D eigenvalue weighted by molar-refractivity contribution is 5.88. The summed E-state index contributed by atoms with van der Waals surface area (Å²) in [5.41, 5.74) is 3.76. The molecule has 3 aromatic rings. The van der Waals surface area contributed by atoms with Crippen molar-refractivity contribution in [2.75, 3.05) is 57.4 Å². The Morgan fingerprint density at radius 1 is 1.05 bits per heavy atom. The standard InChI is InChI=1S/C31H37N5O5/c1-23-6-5-7-24(2)30(23)41-31(37)36-12-3-4-18-39-22-26-20-25(21-28-32-11-10-29(36)33-28)8-9-27(26)40-19-17-34-13-15-35(38)16-14-34/h3-11,20,38H,12-19,21-22H2,1-2H3/b4-3+. The van der Waals surface area contributed by atoms with Gasteiger partial charge in [0.05, 0.1) is 13.2 Å². The Labute approximate surface area is 240 Å². The summed E-state index contributed by atoms with van der Waals surface area (Å²) in [6.07, 6.45) is 5.41. The number of piperazine rings is 1. The van der Waals surface area contributed by atoms with Crippen LogP contribution >= 0.6 is 0 Å². The average Bonchev–Trinajstić information content (AvgIpc) is 2.96. The van der Waals surface area contributed by atoms with E-state index in [9.17, 15) is 10.0 Å². The topological polar surface area (TPSA) is 100 Å². The van der Waals surface area contributed by atoms with Crippen LogP contribution < -0.4 is 14.4 Å². The molecule has 10 nitrogen and oxygen atoms in total. The molecule has 3 heterocycles. The van der Waals surface area contributed by atoms with E-state index in [0.29, 0.717) is 56.7 Å². The van der Waals surface area contributed by atoms with Crippen molar-refractivity contribution in [3.05, 3.63) is 88.9 Å². The highest BCUT2D eigenvalue weighted by atomic mass is 16.6. The quantitative estimate of drug-likeness (QED) is 0.462. The molecule has 41 heavy (non-hydrogen) atoms. The number of anilines is 1. The lowest BCUT2D eigenvalue weighted by Crippen LogP contribution is -2.46.